The smallest absolute Gasteiger partial charge is 0.348 e. The Bertz CT molecular complexity index is 1470. The van der Waals surface area contributed by atoms with Gasteiger partial charge in [-0.05, 0) is 43.7 Å². The molecule has 10 nitrogen and oxygen atoms in total. The average Bonchev–Trinajstić information content (AvgIpc) is 3.43. The van der Waals surface area contributed by atoms with Gasteiger partial charge in [0.25, 0.3) is 0 Å². The van der Waals surface area contributed by atoms with Gasteiger partial charge >= 0.3 is 5.69 Å². The fourth-order valence-corrected chi connectivity index (χ4v) is 5.05. The Morgan fingerprint density at radius 2 is 1.82 bits per heavy atom. The van der Waals surface area contributed by atoms with Crippen LogP contribution in [0.3, 0.4) is 0 Å². The van der Waals surface area contributed by atoms with Crippen molar-refractivity contribution in [1.82, 2.24) is 24.1 Å². The minimum absolute atomic E-state index is 0.00307. The van der Waals surface area contributed by atoms with Gasteiger partial charge in [0.05, 0.1) is 17.3 Å². The molecule has 1 unspecified atom stereocenters. The Kier molecular flexibility index (Phi) is 5.60. The summed E-state index contributed by atoms with van der Waals surface area (Å²) in [7, 11) is -2.80. The first kappa shape index (κ1) is 22.4. The highest BCUT2D eigenvalue weighted by molar-refractivity contribution is 7.89. The largest absolute Gasteiger partial charge is 0.507 e. The topological polar surface area (TPSA) is 144 Å². The van der Waals surface area contributed by atoms with Crippen LogP contribution in [0, 0.1) is 6.92 Å². The Labute approximate surface area is 189 Å². The molecule has 2 heterocycles. The number of hydrogen-bond donors (Lipinski definition) is 4. The first-order valence-electron chi connectivity index (χ1n) is 10.0. The highest BCUT2D eigenvalue weighted by atomic mass is 32.2. The van der Waals surface area contributed by atoms with Gasteiger partial charge in [0.2, 0.25) is 10.0 Å². The summed E-state index contributed by atoms with van der Waals surface area (Å²) in [6.45, 7) is 3.51. The van der Waals surface area contributed by atoms with E-state index in [0.717, 1.165) is 22.0 Å². The van der Waals surface area contributed by atoms with Gasteiger partial charge in [0.15, 0.2) is 5.82 Å². The van der Waals surface area contributed by atoms with Crippen molar-refractivity contribution in [3.63, 3.8) is 0 Å². The first-order valence-corrected chi connectivity index (χ1v) is 11.5. The van der Waals surface area contributed by atoms with Crippen LogP contribution in [0.1, 0.15) is 24.2 Å². The Morgan fingerprint density at radius 3 is 2.48 bits per heavy atom. The number of aromatic amines is 2. The lowest BCUT2D eigenvalue weighted by molar-refractivity contribution is 0.387. The molecule has 33 heavy (non-hydrogen) atoms. The van der Waals surface area contributed by atoms with E-state index in [9.17, 15) is 23.4 Å². The summed E-state index contributed by atoms with van der Waals surface area (Å²) in [6, 6.07) is 12.1. The van der Waals surface area contributed by atoms with Gasteiger partial charge in [0, 0.05) is 25.0 Å². The molecule has 0 amide bonds. The molecule has 172 valence electrons. The summed E-state index contributed by atoms with van der Waals surface area (Å²) in [4.78, 5) is 15.1. The number of aromatic nitrogens is 4. The molecule has 0 fully saturated rings. The molecule has 0 saturated heterocycles. The molecule has 4 rings (SSSR count). The van der Waals surface area contributed by atoms with Crippen LogP contribution >= 0.6 is 0 Å². The van der Waals surface area contributed by atoms with Crippen molar-refractivity contribution in [3.05, 3.63) is 76.5 Å². The summed E-state index contributed by atoms with van der Waals surface area (Å²) in [5.41, 5.74) is 1.36. The second-order valence-corrected chi connectivity index (χ2v) is 9.60. The molecule has 0 radical (unpaired) electrons. The van der Waals surface area contributed by atoms with E-state index < -0.39 is 38.1 Å². The third-order valence-electron chi connectivity index (χ3n) is 5.62. The molecule has 2 aromatic heterocycles. The van der Waals surface area contributed by atoms with E-state index in [1.54, 1.807) is 37.4 Å². The SMILES string of the molecule is Cc1ccccc1-n1c(-c2cc(S(=O)(=O)N(C)C(C)c3ccc[nH]3)c(O)cc2O)n[nH]c1=O. The van der Waals surface area contributed by atoms with E-state index >= 15 is 0 Å². The molecular weight excluding hydrogens is 446 g/mol. The molecule has 0 spiro atoms. The van der Waals surface area contributed by atoms with Crippen LogP contribution in [0.4, 0.5) is 0 Å². The monoisotopic (exact) mass is 469 g/mol. The molecule has 4 aromatic rings. The molecule has 0 bridgehead atoms. The normalized spacial score (nSPS) is 12.8. The predicted octanol–water partition coefficient (Wildman–Crippen LogP) is 2.66. The summed E-state index contributed by atoms with van der Waals surface area (Å²) >= 11 is 0. The van der Waals surface area contributed by atoms with Gasteiger partial charge in [-0.1, -0.05) is 18.2 Å². The van der Waals surface area contributed by atoms with Crippen LogP contribution in [0.5, 0.6) is 11.5 Å². The predicted molar refractivity (Wildman–Crippen MR) is 122 cm³/mol. The second-order valence-electron chi connectivity index (χ2n) is 7.63. The second kappa shape index (κ2) is 8.26. The van der Waals surface area contributed by atoms with Gasteiger partial charge in [-0.3, -0.25) is 0 Å². The summed E-state index contributed by atoms with van der Waals surface area (Å²) < 4.78 is 29.1. The summed E-state index contributed by atoms with van der Waals surface area (Å²) in [5.74, 6) is -1.05. The zero-order valence-electron chi connectivity index (χ0n) is 18.1. The molecular formula is C22H23N5O5S. The van der Waals surface area contributed by atoms with Crippen molar-refractivity contribution >= 4 is 10.0 Å². The van der Waals surface area contributed by atoms with Crippen molar-refractivity contribution in [2.24, 2.45) is 0 Å². The first-order chi connectivity index (χ1) is 15.6. The lowest BCUT2D eigenvalue weighted by Gasteiger charge is -2.24. The maximum absolute atomic E-state index is 13.4. The molecule has 0 saturated carbocycles. The number of rotatable bonds is 6. The summed E-state index contributed by atoms with van der Waals surface area (Å²) in [6.07, 6.45) is 1.69. The van der Waals surface area contributed by atoms with Gasteiger partial charge in [-0.2, -0.15) is 9.40 Å². The number of para-hydroxylation sites is 1. The highest BCUT2D eigenvalue weighted by Crippen LogP contribution is 2.38. The van der Waals surface area contributed by atoms with Crippen LogP contribution < -0.4 is 5.69 Å². The van der Waals surface area contributed by atoms with Crippen LogP contribution in [-0.4, -0.2) is 49.7 Å². The van der Waals surface area contributed by atoms with Crippen molar-refractivity contribution in [3.8, 4) is 28.6 Å². The Balaban J connectivity index is 1.87. The fraction of sp³-hybridized carbons (Fsp3) is 0.182. The highest BCUT2D eigenvalue weighted by Gasteiger charge is 2.31. The number of benzene rings is 2. The molecule has 2 aromatic carbocycles. The lowest BCUT2D eigenvalue weighted by Crippen LogP contribution is -2.30. The van der Waals surface area contributed by atoms with E-state index in [-0.39, 0.29) is 11.4 Å². The van der Waals surface area contributed by atoms with Crippen molar-refractivity contribution < 1.29 is 18.6 Å². The van der Waals surface area contributed by atoms with E-state index in [2.05, 4.69) is 15.2 Å². The zero-order chi connectivity index (χ0) is 23.9. The molecule has 4 N–H and O–H groups in total. The van der Waals surface area contributed by atoms with Gasteiger partial charge in [0.1, 0.15) is 16.4 Å². The van der Waals surface area contributed by atoms with E-state index in [0.29, 0.717) is 11.4 Å². The number of phenolic OH excluding ortho intramolecular Hbond substituents is 2. The molecule has 0 aliphatic rings. The van der Waals surface area contributed by atoms with Crippen molar-refractivity contribution in [2.45, 2.75) is 24.8 Å². The van der Waals surface area contributed by atoms with E-state index in [1.165, 1.54) is 11.6 Å². The summed E-state index contributed by atoms with van der Waals surface area (Å²) in [5, 5.41) is 27.3. The van der Waals surface area contributed by atoms with E-state index in [1.807, 2.05) is 19.1 Å². The third kappa shape index (κ3) is 3.81. The number of aryl methyl sites for hydroxylation is 1. The third-order valence-corrected chi connectivity index (χ3v) is 7.58. The van der Waals surface area contributed by atoms with Crippen LogP contribution in [0.25, 0.3) is 17.1 Å². The van der Waals surface area contributed by atoms with Gasteiger partial charge < -0.3 is 15.2 Å². The maximum Gasteiger partial charge on any atom is 0.348 e. The van der Waals surface area contributed by atoms with Gasteiger partial charge in [-0.15, -0.1) is 0 Å². The minimum atomic E-state index is -4.19. The minimum Gasteiger partial charge on any atom is -0.507 e. The van der Waals surface area contributed by atoms with Crippen LogP contribution in [0.15, 0.2) is 64.4 Å². The van der Waals surface area contributed by atoms with Gasteiger partial charge in [-0.25, -0.2) is 22.9 Å². The maximum atomic E-state index is 13.4. The number of nitrogens with one attached hydrogen (secondary N) is 2. The molecule has 11 heteroatoms. The van der Waals surface area contributed by atoms with Crippen molar-refractivity contribution in [1.29, 1.82) is 0 Å². The Morgan fingerprint density at radius 1 is 1.09 bits per heavy atom. The number of phenols is 2. The number of H-pyrrole nitrogens is 2. The average molecular weight is 470 g/mol. The number of sulfonamides is 1. The fourth-order valence-electron chi connectivity index (χ4n) is 3.62. The Hall–Kier alpha value is -3.83. The van der Waals surface area contributed by atoms with Crippen molar-refractivity contribution in [2.75, 3.05) is 7.05 Å². The zero-order valence-corrected chi connectivity index (χ0v) is 19.0. The lowest BCUT2D eigenvalue weighted by atomic mass is 10.1. The van der Waals surface area contributed by atoms with E-state index in [4.69, 9.17) is 0 Å². The van der Waals surface area contributed by atoms with Crippen LogP contribution in [0.2, 0.25) is 0 Å². The standard InChI is InChI=1S/C22H23N5O5S/c1-13-7-4-5-9-17(13)27-21(24-25-22(27)30)15-11-20(19(29)12-18(15)28)33(31,32)26(3)14(2)16-8-6-10-23-16/h4-12,14,23,28-29H,1-3H3,(H,25,30). The number of aromatic hydroxyl groups is 2. The molecule has 0 aliphatic carbocycles. The van der Waals surface area contributed by atoms with Crippen LogP contribution in [-0.2, 0) is 10.0 Å². The molecule has 0 aliphatic heterocycles. The number of hydrogen-bond acceptors (Lipinski definition) is 6. The molecule has 1 atom stereocenters. The number of nitrogens with zero attached hydrogens (tertiary/aromatic N) is 3. The quantitative estimate of drug-likeness (QED) is 0.342.